The SMILES string of the molecule is CCCCC[C@@H](C/C=C/CCC(=O)OCC)OC. The summed E-state index contributed by atoms with van der Waals surface area (Å²) in [5, 5.41) is 0. The third-order valence-electron chi connectivity index (χ3n) is 2.85. The van der Waals surface area contributed by atoms with Gasteiger partial charge in [0.25, 0.3) is 0 Å². The first-order chi connectivity index (χ1) is 8.74. The first kappa shape index (κ1) is 17.2. The maximum atomic E-state index is 11.1. The van der Waals surface area contributed by atoms with Crippen LogP contribution in [0.3, 0.4) is 0 Å². The van der Waals surface area contributed by atoms with E-state index in [1.54, 1.807) is 7.11 Å². The van der Waals surface area contributed by atoms with Gasteiger partial charge in [0.15, 0.2) is 0 Å². The summed E-state index contributed by atoms with van der Waals surface area (Å²) >= 11 is 0. The molecule has 0 aliphatic carbocycles. The lowest BCUT2D eigenvalue weighted by Crippen LogP contribution is -2.08. The Morgan fingerprint density at radius 3 is 2.61 bits per heavy atom. The van der Waals surface area contributed by atoms with Gasteiger partial charge in [-0.1, -0.05) is 38.3 Å². The molecule has 0 fully saturated rings. The number of hydrogen-bond acceptors (Lipinski definition) is 3. The molecule has 0 aliphatic heterocycles. The Balaban J connectivity index is 3.61. The van der Waals surface area contributed by atoms with E-state index in [2.05, 4.69) is 13.0 Å². The summed E-state index contributed by atoms with van der Waals surface area (Å²) in [4.78, 5) is 11.1. The fraction of sp³-hybridized carbons (Fsp3) is 0.800. The van der Waals surface area contributed by atoms with Crippen LogP contribution < -0.4 is 0 Å². The lowest BCUT2D eigenvalue weighted by Gasteiger charge is -2.12. The number of unbranched alkanes of at least 4 members (excludes halogenated alkanes) is 2. The molecule has 3 heteroatoms. The molecule has 0 N–H and O–H groups in total. The summed E-state index contributed by atoms with van der Waals surface area (Å²) in [5.74, 6) is -0.117. The number of esters is 1. The lowest BCUT2D eigenvalue weighted by molar-refractivity contribution is -0.142. The zero-order valence-corrected chi connectivity index (χ0v) is 12.1. The van der Waals surface area contributed by atoms with Crippen LogP contribution in [0.5, 0.6) is 0 Å². The third kappa shape index (κ3) is 10.3. The van der Waals surface area contributed by atoms with Gasteiger partial charge < -0.3 is 9.47 Å². The molecule has 0 spiro atoms. The second-order valence-corrected chi connectivity index (χ2v) is 4.40. The second kappa shape index (κ2) is 12.6. The van der Waals surface area contributed by atoms with Crippen LogP contribution in [0, 0.1) is 0 Å². The number of allylic oxidation sites excluding steroid dienone is 1. The average Bonchev–Trinajstić information content (AvgIpc) is 2.36. The monoisotopic (exact) mass is 256 g/mol. The van der Waals surface area contributed by atoms with Crippen LogP contribution in [-0.4, -0.2) is 25.8 Å². The van der Waals surface area contributed by atoms with Gasteiger partial charge in [0, 0.05) is 13.5 Å². The molecule has 0 aromatic carbocycles. The summed E-state index contributed by atoms with van der Waals surface area (Å²) in [5.41, 5.74) is 0. The largest absolute Gasteiger partial charge is 0.466 e. The van der Waals surface area contributed by atoms with Crippen molar-refractivity contribution in [2.45, 2.75) is 64.9 Å². The molecule has 0 aliphatic rings. The molecular formula is C15H28O3. The number of ether oxygens (including phenoxy) is 2. The molecule has 0 heterocycles. The predicted molar refractivity (Wildman–Crippen MR) is 74.6 cm³/mol. The molecule has 0 unspecified atom stereocenters. The normalized spacial score (nSPS) is 12.8. The van der Waals surface area contributed by atoms with E-state index < -0.39 is 0 Å². The fourth-order valence-corrected chi connectivity index (χ4v) is 1.75. The van der Waals surface area contributed by atoms with Crippen LogP contribution in [-0.2, 0) is 14.3 Å². The van der Waals surface area contributed by atoms with Crippen molar-refractivity contribution >= 4 is 5.97 Å². The Hall–Kier alpha value is -0.830. The van der Waals surface area contributed by atoms with Crippen molar-refractivity contribution in [1.29, 1.82) is 0 Å². The Morgan fingerprint density at radius 1 is 1.22 bits per heavy atom. The van der Waals surface area contributed by atoms with Crippen LogP contribution >= 0.6 is 0 Å². The third-order valence-corrected chi connectivity index (χ3v) is 2.85. The summed E-state index contributed by atoms with van der Waals surface area (Å²) in [6.45, 7) is 4.50. The van der Waals surface area contributed by atoms with Crippen LogP contribution in [0.2, 0.25) is 0 Å². The summed E-state index contributed by atoms with van der Waals surface area (Å²) in [6.07, 6.45) is 11.5. The number of rotatable bonds is 11. The number of carbonyl (C=O) groups excluding carboxylic acids is 1. The van der Waals surface area contributed by atoms with Crippen molar-refractivity contribution in [1.82, 2.24) is 0 Å². The molecule has 1 atom stereocenters. The molecule has 0 saturated carbocycles. The quantitative estimate of drug-likeness (QED) is 0.320. The zero-order chi connectivity index (χ0) is 13.6. The lowest BCUT2D eigenvalue weighted by atomic mass is 10.1. The molecule has 0 bridgehead atoms. The Kier molecular flexibility index (Phi) is 12.0. The maximum absolute atomic E-state index is 11.1. The summed E-state index contributed by atoms with van der Waals surface area (Å²) in [6, 6.07) is 0. The first-order valence-electron chi connectivity index (χ1n) is 7.07. The molecule has 18 heavy (non-hydrogen) atoms. The van der Waals surface area contributed by atoms with Crippen molar-refractivity contribution < 1.29 is 14.3 Å². The average molecular weight is 256 g/mol. The summed E-state index contributed by atoms with van der Waals surface area (Å²) in [7, 11) is 1.77. The van der Waals surface area contributed by atoms with E-state index in [0.29, 0.717) is 19.1 Å². The maximum Gasteiger partial charge on any atom is 0.306 e. The molecule has 3 nitrogen and oxygen atoms in total. The Morgan fingerprint density at radius 2 is 2.00 bits per heavy atom. The molecule has 0 rings (SSSR count). The van der Waals surface area contributed by atoms with Crippen molar-refractivity contribution in [2.75, 3.05) is 13.7 Å². The number of hydrogen-bond donors (Lipinski definition) is 0. The highest BCUT2D eigenvalue weighted by Crippen LogP contribution is 2.10. The highest BCUT2D eigenvalue weighted by molar-refractivity contribution is 5.69. The van der Waals surface area contributed by atoms with Crippen LogP contribution in [0.1, 0.15) is 58.8 Å². The standard InChI is InChI=1S/C15H28O3/c1-4-6-8-11-14(17-3)12-9-7-10-13-15(16)18-5-2/h7,9,14H,4-6,8,10-13H2,1-3H3/b9-7+/t14-/m0/s1. The Labute approximate surface area is 112 Å². The van der Waals surface area contributed by atoms with Gasteiger partial charge in [0.05, 0.1) is 12.7 Å². The first-order valence-corrected chi connectivity index (χ1v) is 7.07. The van der Waals surface area contributed by atoms with E-state index in [0.717, 1.165) is 19.3 Å². The molecule has 0 radical (unpaired) electrons. The molecule has 0 saturated heterocycles. The van der Waals surface area contributed by atoms with Crippen molar-refractivity contribution in [3.05, 3.63) is 12.2 Å². The minimum absolute atomic E-state index is 0.117. The fourth-order valence-electron chi connectivity index (χ4n) is 1.75. The van der Waals surface area contributed by atoms with E-state index in [1.165, 1.54) is 19.3 Å². The van der Waals surface area contributed by atoms with Crippen LogP contribution in [0.15, 0.2) is 12.2 Å². The predicted octanol–water partition coefficient (Wildman–Crippen LogP) is 3.87. The van der Waals surface area contributed by atoms with Gasteiger partial charge in [-0.3, -0.25) is 4.79 Å². The van der Waals surface area contributed by atoms with Gasteiger partial charge in [0.1, 0.15) is 0 Å². The van der Waals surface area contributed by atoms with E-state index >= 15 is 0 Å². The minimum Gasteiger partial charge on any atom is -0.466 e. The van der Waals surface area contributed by atoms with Gasteiger partial charge >= 0.3 is 5.97 Å². The van der Waals surface area contributed by atoms with E-state index in [-0.39, 0.29) is 5.97 Å². The molecule has 106 valence electrons. The van der Waals surface area contributed by atoms with E-state index in [4.69, 9.17) is 9.47 Å². The minimum atomic E-state index is -0.117. The van der Waals surface area contributed by atoms with Crippen molar-refractivity contribution in [3.63, 3.8) is 0 Å². The van der Waals surface area contributed by atoms with Crippen molar-refractivity contribution in [2.24, 2.45) is 0 Å². The van der Waals surface area contributed by atoms with Gasteiger partial charge in [0.2, 0.25) is 0 Å². The molecule has 0 aromatic rings. The van der Waals surface area contributed by atoms with E-state index in [1.807, 2.05) is 13.0 Å². The topological polar surface area (TPSA) is 35.5 Å². The van der Waals surface area contributed by atoms with Gasteiger partial charge in [-0.25, -0.2) is 0 Å². The van der Waals surface area contributed by atoms with Gasteiger partial charge in [-0.05, 0) is 26.2 Å². The van der Waals surface area contributed by atoms with Gasteiger partial charge in [-0.15, -0.1) is 0 Å². The van der Waals surface area contributed by atoms with Crippen molar-refractivity contribution in [3.8, 4) is 0 Å². The molecule has 0 amide bonds. The zero-order valence-electron chi connectivity index (χ0n) is 12.1. The Bertz CT molecular complexity index is 224. The molecule has 0 aromatic heterocycles. The highest BCUT2D eigenvalue weighted by Gasteiger charge is 2.04. The number of methoxy groups -OCH3 is 1. The summed E-state index contributed by atoms with van der Waals surface area (Å²) < 4.78 is 10.3. The number of carbonyl (C=O) groups is 1. The second-order valence-electron chi connectivity index (χ2n) is 4.40. The van der Waals surface area contributed by atoms with Crippen LogP contribution in [0.25, 0.3) is 0 Å². The highest BCUT2D eigenvalue weighted by atomic mass is 16.5. The molecular weight excluding hydrogens is 228 g/mol. The van der Waals surface area contributed by atoms with Gasteiger partial charge in [-0.2, -0.15) is 0 Å². The van der Waals surface area contributed by atoms with Crippen LogP contribution in [0.4, 0.5) is 0 Å². The smallest absolute Gasteiger partial charge is 0.306 e. The van der Waals surface area contributed by atoms with E-state index in [9.17, 15) is 4.79 Å².